The maximum Gasteiger partial charge on any atom is 0.204 e. The highest BCUT2D eigenvalue weighted by molar-refractivity contribution is 5.79. The summed E-state index contributed by atoms with van der Waals surface area (Å²) in [7, 11) is 0. The monoisotopic (exact) mass is 276 g/mol. The highest BCUT2D eigenvalue weighted by Crippen LogP contribution is 2.35. The number of aryl methyl sites for hydroxylation is 1. The molecule has 3 aromatic rings. The van der Waals surface area contributed by atoms with Crippen molar-refractivity contribution in [1.29, 1.82) is 0 Å². The van der Waals surface area contributed by atoms with E-state index in [2.05, 4.69) is 39.1 Å². The standard InChI is InChI=1S/C17H16N4/c1-12-6-5-9-14(19-12)15-16(13-7-3-2-4-8-13)21-11-10-18-17(21)20-15/h2-9H,10-11H2,1H3,(H,18,20). The van der Waals surface area contributed by atoms with E-state index in [0.717, 1.165) is 41.8 Å². The van der Waals surface area contributed by atoms with Crippen LogP contribution in [0.1, 0.15) is 5.69 Å². The lowest BCUT2D eigenvalue weighted by Crippen LogP contribution is -1.99. The second kappa shape index (κ2) is 4.74. The predicted octanol–water partition coefficient (Wildman–Crippen LogP) is 3.35. The summed E-state index contributed by atoms with van der Waals surface area (Å²) >= 11 is 0. The molecule has 0 bridgehead atoms. The van der Waals surface area contributed by atoms with Crippen LogP contribution in [0.4, 0.5) is 5.95 Å². The van der Waals surface area contributed by atoms with Crippen molar-refractivity contribution in [2.24, 2.45) is 0 Å². The zero-order chi connectivity index (χ0) is 14.2. The lowest BCUT2D eigenvalue weighted by Gasteiger charge is -2.07. The van der Waals surface area contributed by atoms with E-state index in [-0.39, 0.29) is 0 Å². The fraction of sp³-hybridized carbons (Fsp3) is 0.176. The van der Waals surface area contributed by atoms with Gasteiger partial charge in [-0.15, -0.1) is 0 Å². The minimum absolute atomic E-state index is 0.928. The first-order chi connectivity index (χ1) is 10.3. The molecule has 2 aromatic heterocycles. The molecule has 1 N–H and O–H groups in total. The van der Waals surface area contributed by atoms with E-state index in [1.54, 1.807) is 0 Å². The van der Waals surface area contributed by atoms with Crippen LogP contribution in [0.2, 0.25) is 0 Å². The number of hydrogen-bond donors (Lipinski definition) is 1. The van der Waals surface area contributed by atoms with Crippen LogP contribution in [-0.2, 0) is 6.54 Å². The average Bonchev–Trinajstić information content (AvgIpc) is 3.08. The number of anilines is 1. The van der Waals surface area contributed by atoms with E-state index in [9.17, 15) is 0 Å². The largest absolute Gasteiger partial charge is 0.354 e. The first kappa shape index (κ1) is 12.1. The quantitative estimate of drug-likeness (QED) is 0.780. The van der Waals surface area contributed by atoms with Crippen molar-refractivity contribution in [2.75, 3.05) is 11.9 Å². The summed E-state index contributed by atoms with van der Waals surface area (Å²) in [5.74, 6) is 0.937. The van der Waals surface area contributed by atoms with E-state index in [4.69, 9.17) is 4.98 Å². The zero-order valence-corrected chi connectivity index (χ0v) is 11.9. The van der Waals surface area contributed by atoms with Gasteiger partial charge >= 0.3 is 0 Å². The number of fused-ring (bicyclic) bond motifs is 1. The Morgan fingerprint density at radius 1 is 1.00 bits per heavy atom. The van der Waals surface area contributed by atoms with Crippen LogP contribution >= 0.6 is 0 Å². The Bertz CT molecular complexity index is 790. The molecule has 0 amide bonds. The highest BCUT2D eigenvalue weighted by Gasteiger charge is 2.23. The summed E-state index contributed by atoms with van der Waals surface area (Å²) < 4.78 is 2.24. The Morgan fingerprint density at radius 3 is 2.67 bits per heavy atom. The topological polar surface area (TPSA) is 42.7 Å². The van der Waals surface area contributed by atoms with E-state index in [0.29, 0.717) is 0 Å². The summed E-state index contributed by atoms with van der Waals surface area (Å²) in [4.78, 5) is 9.41. The Balaban J connectivity index is 1.96. The van der Waals surface area contributed by atoms with Gasteiger partial charge < -0.3 is 9.88 Å². The van der Waals surface area contributed by atoms with Crippen molar-refractivity contribution in [3.63, 3.8) is 0 Å². The molecule has 0 saturated carbocycles. The molecule has 4 heteroatoms. The van der Waals surface area contributed by atoms with Gasteiger partial charge in [-0.3, -0.25) is 4.98 Å². The smallest absolute Gasteiger partial charge is 0.204 e. The summed E-state index contributed by atoms with van der Waals surface area (Å²) in [6.07, 6.45) is 0. The van der Waals surface area contributed by atoms with E-state index in [1.807, 2.05) is 31.2 Å². The van der Waals surface area contributed by atoms with Crippen LogP contribution in [0, 0.1) is 6.92 Å². The van der Waals surface area contributed by atoms with Crippen molar-refractivity contribution in [2.45, 2.75) is 13.5 Å². The van der Waals surface area contributed by atoms with E-state index >= 15 is 0 Å². The van der Waals surface area contributed by atoms with Crippen LogP contribution < -0.4 is 5.32 Å². The van der Waals surface area contributed by atoms with E-state index < -0.39 is 0 Å². The van der Waals surface area contributed by atoms with Crippen LogP contribution in [0.3, 0.4) is 0 Å². The predicted molar refractivity (Wildman–Crippen MR) is 84.1 cm³/mol. The maximum absolute atomic E-state index is 4.77. The van der Waals surface area contributed by atoms with Crippen molar-refractivity contribution in [1.82, 2.24) is 14.5 Å². The normalized spacial score (nSPS) is 13.0. The fourth-order valence-corrected chi connectivity index (χ4v) is 2.83. The maximum atomic E-state index is 4.77. The van der Waals surface area contributed by atoms with Crippen LogP contribution in [0.15, 0.2) is 48.5 Å². The van der Waals surface area contributed by atoms with Gasteiger partial charge in [-0.1, -0.05) is 36.4 Å². The Morgan fingerprint density at radius 2 is 1.86 bits per heavy atom. The van der Waals surface area contributed by atoms with Gasteiger partial charge in [-0.05, 0) is 19.1 Å². The van der Waals surface area contributed by atoms with Crippen LogP contribution in [0.5, 0.6) is 0 Å². The summed E-state index contributed by atoms with van der Waals surface area (Å²) in [5, 5.41) is 3.34. The zero-order valence-electron chi connectivity index (χ0n) is 11.9. The second-order valence-electron chi connectivity index (χ2n) is 5.24. The minimum Gasteiger partial charge on any atom is -0.354 e. The number of hydrogen-bond acceptors (Lipinski definition) is 3. The number of benzene rings is 1. The number of nitrogens with one attached hydrogen (secondary N) is 1. The Labute approximate surface area is 123 Å². The molecule has 0 aliphatic carbocycles. The lowest BCUT2D eigenvalue weighted by molar-refractivity contribution is 0.817. The molecule has 0 fully saturated rings. The van der Waals surface area contributed by atoms with Crippen molar-refractivity contribution in [3.8, 4) is 22.6 Å². The molecule has 21 heavy (non-hydrogen) atoms. The molecule has 1 aliphatic rings. The van der Waals surface area contributed by atoms with E-state index in [1.165, 1.54) is 5.56 Å². The third-order valence-electron chi connectivity index (χ3n) is 3.76. The minimum atomic E-state index is 0.928. The third-order valence-corrected chi connectivity index (χ3v) is 3.76. The molecule has 4 rings (SSSR count). The molecule has 0 saturated heterocycles. The number of nitrogens with zero attached hydrogens (tertiary/aromatic N) is 3. The molecule has 1 aromatic carbocycles. The van der Waals surface area contributed by atoms with Crippen molar-refractivity contribution in [3.05, 3.63) is 54.2 Å². The SMILES string of the molecule is Cc1cccc(-c2nc3n(c2-c2ccccc2)CCN3)n1. The molecule has 3 heterocycles. The summed E-state index contributed by atoms with van der Waals surface area (Å²) in [6.45, 7) is 3.88. The van der Waals surface area contributed by atoms with Gasteiger partial charge in [0.25, 0.3) is 0 Å². The lowest BCUT2D eigenvalue weighted by atomic mass is 10.1. The average molecular weight is 276 g/mol. The molecular weight excluding hydrogens is 260 g/mol. The summed E-state index contributed by atoms with van der Waals surface area (Å²) in [5.41, 5.74) is 5.21. The number of aromatic nitrogens is 3. The summed E-state index contributed by atoms with van der Waals surface area (Å²) in [6, 6.07) is 16.5. The number of imidazole rings is 1. The van der Waals surface area contributed by atoms with Gasteiger partial charge in [0.15, 0.2) is 0 Å². The third kappa shape index (κ3) is 2.00. The molecule has 0 unspecified atom stereocenters. The van der Waals surface area contributed by atoms with Crippen LogP contribution in [0.25, 0.3) is 22.6 Å². The molecule has 0 spiro atoms. The molecule has 1 aliphatic heterocycles. The fourth-order valence-electron chi connectivity index (χ4n) is 2.83. The van der Waals surface area contributed by atoms with Crippen molar-refractivity contribution >= 4 is 5.95 Å². The van der Waals surface area contributed by atoms with Gasteiger partial charge in [-0.25, -0.2) is 4.98 Å². The molecule has 0 radical (unpaired) electrons. The van der Waals surface area contributed by atoms with Gasteiger partial charge in [0, 0.05) is 24.3 Å². The molecule has 0 atom stereocenters. The van der Waals surface area contributed by atoms with Gasteiger partial charge in [0.05, 0.1) is 11.4 Å². The van der Waals surface area contributed by atoms with Gasteiger partial charge in [0.2, 0.25) is 5.95 Å². The first-order valence-corrected chi connectivity index (χ1v) is 7.17. The second-order valence-corrected chi connectivity index (χ2v) is 5.24. The van der Waals surface area contributed by atoms with Gasteiger partial charge in [0.1, 0.15) is 5.69 Å². The Hall–Kier alpha value is -2.62. The van der Waals surface area contributed by atoms with Crippen molar-refractivity contribution < 1.29 is 0 Å². The number of rotatable bonds is 2. The van der Waals surface area contributed by atoms with Gasteiger partial charge in [-0.2, -0.15) is 0 Å². The molecular formula is C17H16N4. The number of pyridine rings is 1. The van der Waals surface area contributed by atoms with Crippen LogP contribution in [-0.4, -0.2) is 21.1 Å². The molecule has 104 valence electrons. The highest BCUT2D eigenvalue weighted by atomic mass is 15.3. The Kier molecular flexibility index (Phi) is 2.74. The first-order valence-electron chi connectivity index (χ1n) is 7.17. The molecule has 4 nitrogen and oxygen atoms in total.